The molecule has 1 aliphatic carbocycles. The molecule has 1 aromatic rings. The molecule has 0 amide bonds. The Morgan fingerprint density at radius 3 is 2.71 bits per heavy atom. The van der Waals surface area contributed by atoms with Crippen molar-refractivity contribution in [2.45, 2.75) is 19.8 Å². The molecule has 21 heavy (non-hydrogen) atoms. The van der Waals surface area contributed by atoms with Crippen LogP contribution >= 0.6 is 0 Å². The summed E-state index contributed by atoms with van der Waals surface area (Å²) in [5.41, 5.74) is 21.3. The van der Waals surface area contributed by atoms with Gasteiger partial charge in [0.25, 0.3) is 0 Å². The van der Waals surface area contributed by atoms with E-state index < -0.39 is 0 Å². The topological polar surface area (TPSA) is 112 Å². The van der Waals surface area contributed by atoms with Gasteiger partial charge >= 0.3 is 0 Å². The molecule has 112 valence electrons. The number of hydrogen-bond acceptors (Lipinski definition) is 2. The highest BCUT2D eigenvalue weighted by Gasteiger charge is 2.18. The van der Waals surface area contributed by atoms with Gasteiger partial charge in [0.2, 0.25) is 5.96 Å². The van der Waals surface area contributed by atoms with Crippen molar-refractivity contribution in [1.82, 2.24) is 0 Å². The fraction of sp³-hybridized carbons (Fsp3) is 0.333. The van der Waals surface area contributed by atoms with Crippen molar-refractivity contribution < 1.29 is 4.74 Å². The van der Waals surface area contributed by atoms with Crippen LogP contribution in [0.5, 0.6) is 5.75 Å². The molecule has 0 saturated carbocycles. The third-order valence-electron chi connectivity index (χ3n) is 3.49. The summed E-state index contributed by atoms with van der Waals surface area (Å²) in [5.74, 6) is 0.893. The normalized spacial score (nSPS) is 14.1. The Morgan fingerprint density at radius 1 is 1.29 bits per heavy atom. The van der Waals surface area contributed by atoms with E-state index in [-0.39, 0.29) is 11.9 Å². The first-order valence-electron chi connectivity index (χ1n) is 6.76. The number of nitrogens with zero attached hydrogens (tertiary/aromatic N) is 2. The standard InChI is InChI=1S/C15H21N5O/c1-9-7-10-3-4-11(21-2)8-13(10)12(9)5-6-19-15(18)20-14(16)17/h3-4,8H,5-7H2,1-2H3,(H6,16,17,18,19,20). The predicted octanol–water partition coefficient (Wildman–Crippen LogP) is 1.00. The Hall–Kier alpha value is -2.50. The van der Waals surface area contributed by atoms with Gasteiger partial charge < -0.3 is 21.9 Å². The van der Waals surface area contributed by atoms with Gasteiger partial charge in [0.05, 0.1) is 7.11 Å². The molecule has 1 aliphatic rings. The molecule has 0 bridgehead atoms. The molecule has 0 saturated heterocycles. The molecule has 0 aliphatic heterocycles. The van der Waals surface area contributed by atoms with Crippen LogP contribution in [0.25, 0.3) is 5.57 Å². The molecular weight excluding hydrogens is 266 g/mol. The third-order valence-corrected chi connectivity index (χ3v) is 3.49. The average molecular weight is 287 g/mol. The summed E-state index contributed by atoms with van der Waals surface area (Å²) in [6, 6.07) is 6.18. The number of guanidine groups is 2. The Morgan fingerprint density at radius 2 is 2.05 bits per heavy atom. The summed E-state index contributed by atoms with van der Waals surface area (Å²) >= 11 is 0. The van der Waals surface area contributed by atoms with Crippen LogP contribution in [0.1, 0.15) is 24.5 Å². The van der Waals surface area contributed by atoms with Gasteiger partial charge in [0, 0.05) is 6.54 Å². The summed E-state index contributed by atoms with van der Waals surface area (Å²) < 4.78 is 5.29. The number of hydrogen-bond donors (Lipinski definition) is 3. The maximum Gasteiger partial charge on any atom is 0.218 e. The van der Waals surface area contributed by atoms with Crippen LogP contribution in [0.2, 0.25) is 0 Å². The largest absolute Gasteiger partial charge is 0.497 e. The first kappa shape index (κ1) is 14.9. The number of benzene rings is 1. The minimum absolute atomic E-state index is 0.0809. The van der Waals surface area contributed by atoms with Crippen molar-refractivity contribution in [3.05, 3.63) is 34.9 Å². The lowest BCUT2D eigenvalue weighted by molar-refractivity contribution is 0.414. The molecule has 0 spiro atoms. The molecule has 0 unspecified atom stereocenters. The highest BCUT2D eigenvalue weighted by Crippen LogP contribution is 2.36. The smallest absolute Gasteiger partial charge is 0.218 e. The van der Waals surface area contributed by atoms with E-state index in [9.17, 15) is 0 Å². The van der Waals surface area contributed by atoms with Gasteiger partial charge in [-0.25, -0.2) is 0 Å². The van der Waals surface area contributed by atoms with E-state index in [1.807, 2.05) is 6.07 Å². The first-order chi connectivity index (χ1) is 10.0. The van der Waals surface area contributed by atoms with E-state index in [1.165, 1.54) is 22.3 Å². The van der Waals surface area contributed by atoms with Gasteiger partial charge in [-0.3, -0.25) is 4.99 Å². The number of aliphatic imine (C=N–C) groups is 2. The van der Waals surface area contributed by atoms with Crippen LogP contribution in [0.15, 0.2) is 33.8 Å². The average Bonchev–Trinajstić information content (AvgIpc) is 2.73. The fourth-order valence-corrected chi connectivity index (χ4v) is 2.54. The lowest BCUT2D eigenvalue weighted by Crippen LogP contribution is -2.26. The van der Waals surface area contributed by atoms with Gasteiger partial charge in [0.15, 0.2) is 5.96 Å². The molecule has 0 radical (unpaired) electrons. The Labute approximate surface area is 124 Å². The highest BCUT2D eigenvalue weighted by molar-refractivity contribution is 5.92. The highest BCUT2D eigenvalue weighted by atomic mass is 16.5. The van der Waals surface area contributed by atoms with Crippen molar-refractivity contribution in [2.24, 2.45) is 27.2 Å². The van der Waals surface area contributed by atoms with Crippen LogP contribution in [0.4, 0.5) is 0 Å². The molecule has 6 nitrogen and oxygen atoms in total. The van der Waals surface area contributed by atoms with Crippen molar-refractivity contribution >= 4 is 17.5 Å². The second-order valence-corrected chi connectivity index (χ2v) is 4.99. The molecular formula is C15H21N5O. The Bertz CT molecular complexity index is 627. The van der Waals surface area contributed by atoms with Gasteiger partial charge in [-0.1, -0.05) is 11.6 Å². The molecule has 0 fully saturated rings. The van der Waals surface area contributed by atoms with E-state index in [0.29, 0.717) is 6.54 Å². The molecule has 6 N–H and O–H groups in total. The quantitative estimate of drug-likeness (QED) is 0.566. The van der Waals surface area contributed by atoms with E-state index in [1.54, 1.807) is 7.11 Å². The number of rotatable bonds is 4. The minimum Gasteiger partial charge on any atom is -0.497 e. The Kier molecular flexibility index (Phi) is 4.47. The summed E-state index contributed by atoms with van der Waals surface area (Å²) in [4.78, 5) is 7.86. The predicted molar refractivity (Wildman–Crippen MR) is 86.2 cm³/mol. The molecule has 0 heterocycles. The fourth-order valence-electron chi connectivity index (χ4n) is 2.54. The van der Waals surface area contributed by atoms with Crippen LogP contribution in [0.3, 0.4) is 0 Å². The third kappa shape index (κ3) is 3.53. The van der Waals surface area contributed by atoms with Crippen LogP contribution in [-0.2, 0) is 6.42 Å². The lowest BCUT2D eigenvalue weighted by Gasteiger charge is -2.07. The summed E-state index contributed by atoms with van der Waals surface area (Å²) in [6.07, 6.45) is 1.77. The van der Waals surface area contributed by atoms with E-state index in [2.05, 4.69) is 29.0 Å². The maximum absolute atomic E-state index is 5.60. The van der Waals surface area contributed by atoms with Crippen LogP contribution in [-0.4, -0.2) is 25.6 Å². The van der Waals surface area contributed by atoms with Crippen molar-refractivity contribution in [1.29, 1.82) is 0 Å². The number of methoxy groups -OCH3 is 1. The van der Waals surface area contributed by atoms with Gasteiger partial charge in [-0.15, -0.1) is 0 Å². The second-order valence-electron chi connectivity index (χ2n) is 4.99. The SMILES string of the molecule is COc1ccc2c(c1)C(CCN=C(N)N=C(N)N)=C(C)C2. The second kappa shape index (κ2) is 6.30. The van der Waals surface area contributed by atoms with Gasteiger partial charge in [0.1, 0.15) is 5.75 Å². The van der Waals surface area contributed by atoms with Crippen molar-refractivity contribution in [2.75, 3.05) is 13.7 Å². The number of ether oxygens (including phenoxy) is 1. The zero-order valence-electron chi connectivity index (χ0n) is 12.4. The van der Waals surface area contributed by atoms with Crippen LogP contribution in [0, 0.1) is 0 Å². The first-order valence-corrected chi connectivity index (χ1v) is 6.76. The zero-order chi connectivity index (χ0) is 15.4. The molecule has 0 atom stereocenters. The zero-order valence-corrected chi connectivity index (χ0v) is 12.4. The monoisotopic (exact) mass is 287 g/mol. The summed E-state index contributed by atoms with van der Waals surface area (Å²) in [7, 11) is 1.67. The number of fused-ring (bicyclic) bond motifs is 1. The number of nitrogens with two attached hydrogens (primary N) is 3. The Balaban J connectivity index is 2.12. The minimum atomic E-state index is -0.0809. The molecule has 1 aromatic carbocycles. The molecule has 0 aromatic heterocycles. The summed E-state index contributed by atoms with van der Waals surface area (Å²) in [6.45, 7) is 2.69. The number of allylic oxidation sites excluding steroid dienone is 1. The van der Waals surface area contributed by atoms with Crippen LogP contribution < -0.4 is 21.9 Å². The molecule has 6 heteroatoms. The van der Waals surface area contributed by atoms with Crippen molar-refractivity contribution in [3.63, 3.8) is 0 Å². The van der Waals surface area contributed by atoms with E-state index >= 15 is 0 Å². The van der Waals surface area contributed by atoms with Crippen molar-refractivity contribution in [3.8, 4) is 5.75 Å². The maximum atomic E-state index is 5.60. The lowest BCUT2D eigenvalue weighted by atomic mass is 10.0. The van der Waals surface area contributed by atoms with Gasteiger partial charge in [-0.05, 0) is 48.6 Å². The van der Waals surface area contributed by atoms with E-state index in [4.69, 9.17) is 21.9 Å². The van der Waals surface area contributed by atoms with E-state index in [0.717, 1.165) is 18.6 Å². The summed E-state index contributed by atoms with van der Waals surface area (Å²) in [5, 5.41) is 0. The van der Waals surface area contributed by atoms with Gasteiger partial charge in [-0.2, -0.15) is 4.99 Å². The molecule has 2 rings (SSSR count).